The van der Waals surface area contributed by atoms with Crippen LogP contribution in [0.3, 0.4) is 0 Å². The van der Waals surface area contributed by atoms with Crippen molar-refractivity contribution in [3.63, 3.8) is 0 Å². The molecule has 4 rings (SSSR count). The second-order valence-corrected chi connectivity index (χ2v) is 7.22. The minimum atomic E-state index is -0.581. The fourth-order valence-electron chi connectivity index (χ4n) is 3.58. The van der Waals surface area contributed by atoms with Gasteiger partial charge in [0.2, 0.25) is 5.82 Å². The van der Waals surface area contributed by atoms with E-state index in [0.717, 1.165) is 0 Å². The highest BCUT2D eigenvalue weighted by atomic mass is 19.1. The summed E-state index contributed by atoms with van der Waals surface area (Å²) in [5.41, 5.74) is 0.558. The number of piperazine rings is 1. The number of para-hydroxylation sites is 1. The number of hydrogen-bond donors (Lipinski definition) is 0. The van der Waals surface area contributed by atoms with Gasteiger partial charge in [0, 0.05) is 31.7 Å². The first-order valence-electron chi connectivity index (χ1n) is 9.96. The molecular formula is C22H20FN5O4. The van der Waals surface area contributed by atoms with Crippen molar-refractivity contribution in [1.82, 2.24) is 9.97 Å². The number of ketones is 1. The third-order valence-electron chi connectivity index (χ3n) is 5.18. The molecule has 1 aromatic heterocycles. The van der Waals surface area contributed by atoms with Gasteiger partial charge in [0.15, 0.2) is 5.78 Å². The number of anilines is 2. The minimum Gasteiger partial charge on any atom is -0.434 e. The number of ether oxygens (including phenoxy) is 1. The van der Waals surface area contributed by atoms with Crippen LogP contribution < -0.4 is 14.5 Å². The molecule has 0 atom stereocenters. The summed E-state index contributed by atoms with van der Waals surface area (Å²) in [4.78, 5) is 34.7. The number of carbonyl (C=O) groups is 1. The molecule has 0 unspecified atom stereocenters. The van der Waals surface area contributed by atoms with Crippen LogP contribution in [-0.4, -0.2) is 46.9 Å². The topological polar surface area (TPSA) is 102 Å². The Kier molecular flexibility index (Phi) is 5.93. The molecule has 10 heteroatoms. The third-order valence-corrected chi connectivity index (χ3v) is 5.18. The normalized spacial score (nSPS) is 13.7. The SMILES string of the molecule is CC(=O)c1cccc(Oc2ncnc(N3CCN(c4ccccc4F)CC3)c2[N+](=O)[O-])c1. The number of aromatic nitrogens is 2. The maximum atomic E-state index is 14.1. The van der Waals surface area contributed by atoms with Crippen LogP contribution in [0.5, 0.6) is 11.6 Å². The van der Waals surface area contributed by atoms with E-state index in [0.29, 0.717) is 37.4 Å². The third kappa shape index (κ3) is 4.34. The van der Waals surface area contributed by atoms with Gasteiger partial charge in [-0.25, -0.2) is 9.37 Å². The predicted molar refractivity (Wildman–Crippen MR) is 116 cm³/mol. The zero-order valence-corrected chi connectivity index (χ0v) is 17.3. The molecule has 0 bridgehead atoms. The number of hydrogen-bond acceptors (Lipinski definition) is 8. The molecule has 2 heterocycles. The Morgan fingerprint density at radius 3 is 2.47 bits per heavy atom. The summed E-state index contributed by atoms with van der Waals surface area (Å²) in [5, 5.41) is 11.9. The van der Waals surface area contributed by atoms with E-state index in [1.165, 1.54) is 25.4 Å². The minimum absolute atomic E-state index is 0.135. The summed E-state index contributed by atoms with van der Waals surface area (Å²) in [5.74, 6) is -0.276. The summed E-state index contributed by atoms with van der Waals surface area (Å²) in [6.07, 6.45) is 1.20. The first kappa shape index (κ1) is 21.2. The van der Waals surface area contributed by atoms with E-state index in [4.69, 9.17) is 4.74 Å². The molecule has 1 saturated heterocycles. The van der Waals surface area contributed by atoms with Crippen LogP contribution in [0, 0.1) is 15.9 Å². The molecule has 2 aromatic carbocycles. The van der Waals surface area contributed by atoms with E-state index in [1.54, 1.807) is 41.3 Å². The summed E-state index contributed by atoms with van der Waals surface area (Å²) in [6.45, 7) is 3.18. The van der Waals surface area contributed by atoms with Crippen molar-refractivity contribution < 1.29 is 18.8 Å². The van der Waals surface area contributed by atoms with Gasteiger partial charge in [0.1, 0.15) is 17.9 Å². The molecule has 0 saturated carbocycles. The lowest BCUT2D eigenvalue weighted by molar-refractivity contribution is -0.385. The monoisotopic (exact) mass is 437 g/mol. The van der Waals surface area contributed by atoms with E-state index in [-0.39, 0.29) is 34.7 Å². The molecule has 32 heavy (non-hydrogen) atoms. The Morgan fingerprint density at radius 1 is 1.06 bits per heavy atom. The highest BCUT2D eigenvalue weighted by Crippen LogP contribution is 2.36. The average Bonchev–Trinajstić information content (AvgIpc) is 2.79. The largest absolute Gasteiger partial charge is 0.434 e. The number of nitro groups is 1. The van der Waals surface area contributed by atoms with Gasteiger partial charge in [-0.2, -0.15) is 4.98 Å². The first-order valence-corrected chi connectivity index (χ1v) is 9.96. The average molecular weight is 437 g/mol. The Morgan fingerprint density at radius 2 is 1.78 bits per heavy atom. The lowest BCUT2D eigenvalue weighted by Crippen LogP contribution is -2.47. The van der Waals surface area contributed by atoms with Gasteiger partial charge in [-0.1, -0.05) is 24.3 Å². The Labute approximate surface area is 183 Å². The highest BCUT2D eigenvalue weighted by Gasteiger charge is 2.31. The maximum absolute atomic E-state index is 14.1. The van der Waals surface area contributed by atoms with Crippen LogP contribution in [0.1, 0.15) is 17.3 Å². The fraction of sp³-hybridized carbons (Fsp3) is 0.227. The predicted octanol–water partition coefficient (Wildman–Crippen LogP) is 3.85. The van der Waals surface area contributed by atoms with Gasteiger partial charge in [-0.05, 0) is 31.2 Å². The van der Waals surface area contributed by atoms with E-state index in [9.17, 15) is 19.3 Å². The van der Waals surface area contributed by atoms with Crippen LogP contribution in [0.2, 0.25) is 0 Å². The van der Waals surface area contributed by atoms with Crippen LogP contribution in [0.15, 0.2) is 54.9 Å². The molecule has 1 aliphatic rings. The van der Waals surface area contributed by atoms with Gasteiger partial charge < -0.3 is 14.5 Å². The molecule has 0 spiro atoms. The Bertz CT molecular complexity index is 1160. The molecule has 164 valence electrons. The van der Waals surface area contributed by atoms with Crippen LogP contribution in [0.25, 0.3) is 0 Å². The second-order valence-electron chi connectivity index (χ2n) is 7.22. The van der Waals surface area contributed by atoms with Gasteiger partial charge in [0.05, 0.1) is 10.6 Å². The zero-order chi connectivity index (χ0) is 22.7. The summed E-state index contributed by atoms with van der Waals surface area (Å²) in [7, 11) is 0. The van der Waals surface area contributed by atoms with Crippen molar-refractivity contribution >= 4 is 23.0 Å². The zero-order valence-electron chi connectivity index (χ0n) is 17.3. The summed E-state index contributed by atoms with van der Waals surface area (Å²) >= 11 is 0. The number of carbonyl (C=O) groups excluding carboxylic acids is 1. The second kappa shape index (κ2) is 8.96. The maximum Gasteiger partial charge on any atom is 0.373 e. The summed E-state index contributed by atoms with van der Waals surface area (Å²) < 4.78 is 19.8. The Hall–Kier alpha value is -4.08. The molecule has 1 aliphatic heterocycles. The van der Waals surface area contributed by atoms with Crippen LogP contribution in [-0.2, 0) is 0 Å². The number of rotatable bonds is 6. The number of halogens is 1. The molecule has 0 aliphatic carbocycles. The van der Waals surface area contributed by atoms with E-state index in [2.05, 4.69) is 9.97 Å². The lowest BCUT2D eigenvalue weighted by Gasteiger charge is -2.36. The van der Waals surface area contributed by atoms with Crippen LogP contribution >= 0.6 is 0 Å². The summed E-state index contributed by atoms with van der Waals surface area (Å²) in [6, 6.07) is 12.9. The smallest absolute Gasteiger partial charge is 0.373 e. The van der Waals surface area contributed by atoms with Gasteiger partial charge in [0.25, 0.3) is 0 Å². The number of benzene rings is 2. The van der Waals surface area contributed by atoms with E-state index >= 15 is 0 Å². The Balaban J connectivity index is 1.58. The van der Waals surface area contributed by atoms with Gasteiger partial charge in [-0.3, -0.25) is 14.9 Å². The molecule has 0 radical (unpaired) electrons. The molecule has 0 amide bonds. The van der Waals surface area contributed by atoms with Crippen molar-refractivity contribution in [1.29, 1.82) is 0 Å². The van der Waals surface area contributed by atoms with Crippen molar-refractivity contribution in [3.8, 4) is 11.6 Å². The number of Topliss-reactive ketones (excluding diaryl/α,β-unsaturated/α-hetero) is 1. The van der Waals surface area contributed by atoms with E-state index < -0.39 is 4.92 Å². The molecule has 3 aromatic rings. The molecule has 1 fully saturated rings. The van der Waals surface area contributed by atoms with Gasteiger partial charge >= 0.3 is 11.6 Å². The van der Waals surface area contributed by atoms with Crippen molar-refractivity contribution in [2.45, 2.75) is 6.92 Å². The fourth-order valence-corrected chi connectivity index (χ4v) is 3.58. The quantitative estimate of drug-likeness (QED) is 0.326. The van der Waals surface area contributed by atoms with Crippen molar-refractivity contribution in [2.75, 3.05) is 36.0 Å². The lowest BCUT2D eigenvalue weighted by atomic mass is 10.1. The molecule has 9 nitrogen and oxygen atoms in total. The molecule has 0 N–H and O–H groups in total. The first-order chi connectivity index (χ1) is 15.4. The highest BCUT2D eigenvalue weighted by molar-refractivity contribution is 5.94. The van der Waals surface area contributed by atoms with E-state index in [1.807, 2.05) is 4.90 Å². The molecular weight excluding hydrogens is 417 g/mol. The van der Waals surface area contributed by atoms with Crippen molar-refractivity contribution in [2.24, 2.45) is 0 Å². The van der Waals surface area contributed by atoms with Crippen molar-refractivity contribution in [3.05, 3.63) is 76.4 Å². The standard InChI is InChI=1S/C22H20FN5O4/c1-15(29)16-5-4-6-17(13-16)32-22-20(28(30)31)21(24-14-25-22)27-11-9-26(10-12-27)19-8-3-2-7-18(19)23/h2-8,13-14H,9-12H2,1H3. The van der Waals surface area contributed by atoms with Gasteiger partial charge in [-0.15, -0.1) is 0 Å². The number of nitrogens with zero attached hydrogens (tertiary/aromatic N) is 5. The van der Waals surface area contributed by atoms with Crippen LogP contribution in [0.4, 0.5) is 21.6 Å².